The van der Waals surface area contributed by atoms with Crippen LogP contribution in [-0.4, -0.2) is 28.7 Å². The molecule has 0 atom stereocenters. The van der Waals surface area contributed by atoms with Crippen molar-refractivity contribution in [2.45, 2.75) is 58.4 Å². The maximum Gasteiger partial charge on any atom is 0.261 e. The number of nitrogens with one attached hydrogen (secondary N) is 1. The Labute approximate surface area is 144 Å². The zero-order valence-electron chi connectivity index (χ0n) is 14.6. The third-order valence-electron chi connectivity index (χ3n) is 4.75. The zero-order chi connectivity index (χ0) is 17.5. The van der Waals surface area contributed by atoms with Crippen LogP contribution in [0, 0.1) is 25.2 Å². The zero-order valence-corrected chi connectivity index (χ0v) is 14.6. The van der Waals surface area contributed by atoms with Gasteiger partial charge in [-0.3, -0.25) is 4.79 Å². The molecule has 1 amide bonds. The fraction of sp³-hybridized carbons (Fsp3) is 0.579. The first kappa shape index (κ1) is 18.3. The van der Waals surface area contributed by atoms with Crippen LogP contribution in [0.3, 0.4) is 0 Å². The highest BCUT2D eigenvalue weighted by Crippen LogP contribution is 2.32. The van der Waals surface area contributed by atoms with Gasteiger partial charge in [0, 0.05) is 30.6 Å². The molecule has 0 bridgehead atoms. The third kappa shape index (κ3) is 4.27. The number of aromatic nitrogens is 1. The van der Waals surface area contributed by atoms with Crippen molar-refractivity contribution in [3.8, 4) is 6.07 Å². The molecule has 5 heteroatoms. The number of rotatable bonds is 6. The molecule has 1 heterocycles. The van der Waals surface area contributed by atoms with Crippen LogP contribution in [0.25, 0.3) is 6.08 Å². The summed E-state index contributed by atoms with van der Waals surface area (Å²) < 4.78 is 2.36. The topological polar surface area (TPSA) is 78.1 Å². The van der Waals surface area contributed by atoms with Gasteiger partial charge in [-0.2, -0.15) is 5.26 Å². The molecule has 1 aliphatic carbocycles. The molecule has 1 aromatic rings. The van der Waals surface area contributed by atoms with E-state index < -0.39 is 0 Å². The first-order valence-corrected chi connectivity index (χ1v) is 8.77. The molecular formula is C19H27N3O2. The van der Waals surface area contributed by atoms with E-state index in [-0.39, 0.29) is 18.1 Å². The van der Waals surface area contributed by atoms with Crippen LogP contribution in [-0.2, 0) is 4.79 Å². The molecule has 1 aromatic heterocycles. The molecule has 2 N–H and O–H groups in total. The number of hydrogen-bond acceptors (Lipinski definition) is 3. The van der Waals surface area contributed by atoms with E-state index in [9.17, 15) is 10.1 Å². The number of nitrogens with zero attached hydrogens (tertiary/aromatic N) is 2. The second-order valence-corrected chi connectivity index (χ2v) is 6.49. The summed E-state index contributed by atoms with van der Waals surface area (Å²) in [7, 11) is 0. The number of amides is 1. The molecule has 0 saturated heterocycles. The Kier molecular flexibility index (Phi) is 6.62. The number of aliphatic hydroxyl groups excluding tert-OH is 1. The van der Waals surface area contributed by atoms with Gasteiger partial charge in [-0.15, -0.1) is 0 Å². The summed E-state index contributed by atoms with van der Waals surface area (Å²) in [6, 6.07) is 4.58. The quantitative estimate of drug-likeness (QED) is 0.478. The minimum Gasteiger partial charge on any atom is -0.396 e. The Morgan fingerprint density at radius 1 is 1.42 bits per heavy atom. The van der Waals surface area contributed by atoms with Gasteiger partial charge in [0.15, 0.2) is 0 Å². The normalized spacial score (nSPS) is 16.0. The van der Waals surface area contributed by atoms with Gasteiger partial charge in [-0.25, -0.2) is 0 Å². The molecule has 1 saturated carbocycles. The average Bonchev–Trinajstić information content (AvgIpc) is 2.87. The van der Waals surface area contributed by atoms with Gasteiger partial charge < -0.3 is 15.0 Å². The standard InChI is InChI=1S/C19H27N3O2/c1-14-11-16(12-17(13-20)19(24)21-9-6-10-23)15(2)22(14)18-7-4-3-5-8-18/h11-12,18,23H,3-10H2,1-2H3,(H,21,24)/b17-12-. The number of aryl methyl sites for hydroxylation is 1. The third-order valence-corrected chi connectivity index (χ3v) is 4.75. The molecule has 24 heavy (non-hydrogen) atoms. The van der Waals surface area contributed by atoms with E-state index in [1.165, 1.54) is 37.8 Å². The summed E-state index contributed by atoms with van der Waals surface area (Å²) in [6.45, 7) is 4.54. The van der Waals surface area contributed by atoms with Crippen LogP contribution in [0.2, 0.25) is 0 Å². The minimum atomic E-state index is -0.381. The van der Waals surface area contributed by atoms with E-state index in [0.29, 0.717) is 19.0 Å². The van der Waals surface area contributed by atoms with Crippen LogP contribution in [0.4, 0.5) is 0 Å². The fourth-order valence-corrected chi connectivity index (χ4v) is 3.53. The average molecular weight is 329 g/mol. The molecule has 0 unspecified atom stereocenters. The predicted molar refractivity (Wildman–Crippen MR) is 94.3 cm³/mol. The lowest BCUT2D eigenvalue weighted by Crippen LogP contribution is -2.26. The predicted octanol–water partition coefficient (Wildman–Crippen LogP) is 3.02. The summed E-state index contributed by atoms with van der Waals surface area (Å²) >= 11 is 0. The summed E-state index contributed by atoms with van der Waals surface area (Å²) in [6.07, 6.45) is 8.41. The second kappa shape index (κ2) is 8.70. The lowest BCUT2D eigenvalue weighted by molar-refractivity contribution is -0.117. The molecular weight excluding hydrogens is 302 g/mol. The Balaban J connectivity index is 2.21. The summed E-state index contributed by atoms with van der Waals surface area (Å²) in [5, 5.41) is 20.7. The van der Waals surface area contributed by atoms with E-state index >= 15 is 0 Å². The van der Waals surface area contributed by atoms with Crippen LogP contribution < -0.4 is 5.32 Å². The maximum absolute atomic E-state index is 12.1. The Morgan fingerprint density at radius 3 is 2.75 bits per heavy atom. The van der Waals surface area contributed by atoms with Crippen molar-refractivity contribution in [3.63, 3.8) is 0 Å². The van der Waals surface area contributed by atoms with Gasteiger partial charge in [0.2, 0.25) is 0 Å². The molecule has 2 rings (SSSR count). The van der Waals surface area contributed by atoms with Crippen LogP contribution >= 0.6 is 0 Å². The maximum atomic E-state index is 12.1. The molecule has 1 aliphatic rings. The summed E-state index contributed by atoms with van der Waals surface area (Å²) in [5.41, 5.74) is 3.35. The van der Waals surface area contributed by atoms with E-state index in [1.54, 1.807) is 6.08 Å². The molecule has 5 nitrogen and oxygen atoms in total. The van der Waals surface area contributed by atoms with E-state index in [2.05, 4.69) is 29.8 Å². The first-order chi connectivity index (χ1) is 11.6. The lowest BCUT2D eigenvalue weighted by atomic mass is 9.95. The number of carbonyl (C=O) groups is 1. The van der Waals surface area contributed by atoms with Gasteiger partial charge in [0.1, 0.15) is 11.6 Å². The van der Waals surface area contributed by atoms with Gasteiger partial charge in [-0.1, -0.05) is 19.3 Å². The first-order valence-electron chi connectivity index (χ1n) is 8.77. The molecule has 1 fully saturated rings. The number of nitriles is 1. The van der Waals surface area contributed by atoms with Crippen molar-refractivity contribution in [1.82, 2.24) is 9.88 Å². The Hall–Kier alpha value is -2.06. The van der Waals surface area contributed by atoms with Gasteiger partial charge in [0.05, 0.1) is 0 Å². The largest absolute Gasteiger partial charge is 0.396 e. The Bertz CT molecular complexity index is 646. The van der Waals surface area contributed by atoms with E-state index in [1.807, 2.05) is 6.07 Å². The smallest absolute Gasteiger partial charge is 0.261 e. The SMILES string of the molecule is Cc1cc(/C=C(/C#N)C(=O)NCCCO)c(C)n1C1CCCCC1. The van der Waals surface area contributed by atoms with Gasteiger partial charge in [-0.05, 0) is 50.8 Å². The highest BCUT2D eigenvalue weighted by molar-refractivity contribution is 6.01. The highest BCUT2D eigenvalue weighted by Gasteiger charge is 2.20. The van der Waals surface area contributed by atoms with Crippen molar-refractivity contribution in [3.05, 3.63) is 28.6 Å². The lowest BCUT2D eigenvalue weighted by Gasteiger charge is -2.26. The minimum absolute atomic E-state index is 0.0222. The van der Waals surface area contributed by atoms with Crippen molar-refractivity contribution in [2.24, 2.45) is 0 Å². The highest BCUT2D eigenvalue weighted by atomic mass is 16.3. The van der Waals surface area contributed by atoms with Crippen molar-refractivity contribution in [1.29, 1.82) is 5.26 Å². The van der Waals surface area contributed by atoms with Crippen LogP contribution in [0.5, 0.6) is 0 Å². The molecule has 0 spiro atoms. The summed E-state index contributed by atoms with van der Waals surface area (Å²) in [5.74, 6) is -0.381. The van der Waals surface area contributed by atoms with Crippen LogP contribution in [0.15, 0.2) is 11.6 Å². The van der Waals surface area contributed by atoms with Gasteiger partial charge >= 0.3 is 0 Å². The molecule has 0 aliphatic heterocycles. The fourth-order valence-electron chi connectivity index (χ4n) is 3.53. The number of hydrogen-bond donors (Lipinski definition) is 2. The molecule has 130 valence electrons. The second-order valence-electron chi connectivity index (χ2n) is 6.49. The van der Waals surface area contributed by atoms with Crippen molar-refractivity contribution < 1.29 is 9.90 Å². The Morgan fingerprint density at radius 2 is 2.12 bits per heavy atom. The van der Waals surface area contributed by atoms with Crippen molar-refractivity contribution in [2.75, 3.05) is 13.2 Å². The summed E-state index contributed by atoms with van der Waals surface area (Å²) in [4.78, 5) is 12.1. The van der Waals surface area contributed by atoms with Gasteiger partial charge in [0.25, 0.3) is 5.91 Å². The van der Waals surface area contributed by atoms with E-state index in [0.717, 1.165) is 11.3 Å². The molecule has 0 aromatic carbocycles. The number of carbonyl (C=O) groups excluding carboxylic acids is 1. The van der Waals surface area contributed by atoms with Crippen LogP contribution in [0.1, 0.15) is 61.5 Å². The van der Waals surface area contributed by atoms with E-state index in [4.69, 9.17) is 5.11 Å². The monoisotopic (exact) mass is 329 g/mol. The molecule has 0 radical (unpaired) electrons. The number of aliphatic hydroxyl groups is 1. The van der Waals surface area contributed by atoms with Crippen molar-refractivity contribution >= 4 is 12.0 Å².